The molecule has 0 saturated carbocycles. The van der Waals surface area contributed by atoms with Crippen LogP contribution in [0.1, 0.15) is 15.4 Å². The number of ether oxygens (including phenoxy) is 1. The molecule has 2 aromatic rings. The van der Waals surface area contributed by atoms with Crippen molar-refractivity contribution < 1.29 is 9.53 Å². The highest BCUT2D eigenvalue weighted by atomic mass is 32.1. The molecular formula is C12H12N2O3S. The maximum Gasteiger partial charge on any atom is 0.305 e. The zero-order valence-electron chi connectivity index (χ0n) is 9.94. The summed E-state index contributed by atoms with van der Waals surface area (Å²) in [7, 11) is 1.58. The van der Waals surface area contributed by atoms with Gasteiger partial charge in [-0.05, 0) is 31.2 Å². The van der Waals surface area contributed by atoms with Gasteiger partial charge in [0.05, 0.1) is 7.11 Å². The van der Waals surface area contributed by atoms with E-state index >= 15 is 0 Å². The summed E-state index contributed by atoms with van der Waals surface area (Å²) in [5, 5.41) is 2.72. The Morgan fingerprint density at radius 3 is 2.50 bits per heavy atom. The minimum atomic E-state index is -0.291. The van der Waals surface area contributed by atoms with Crippen LogP contribution in [0, 0.1) is 6.92 Å². The van der Waals surface area contributed by atoms with E-state index in [-0.39, 0.29) is 10.8 Å². The van der Waals surface area contributed by atoms with E-state index in [1.807, 2.05) is 0 Å². The van der Waals surface area contributed by atoms with Gasteiger partial charge in [-0.25, -0.2) is 0 Å². The van der Waals surface area contributed by atoms with Crippen molar-refractivity contribution in [3.05, 3.63) is 44.5 Å². The van der Waals surface area contributed by atoms with Gasteiger partial charge in [0.1, 0.15) is 10.6 Å². The number of H-pyrrole nitrogens is 1. The Balaban J connectivity index is 2.16. The number of methoxy groups -OCH3 is 1. The normalized spacial score (nSPS) is 10.1. The molecule has 0 aliphatic heterocycles. The molecule has 0 atom stereocenters. The summed E-state index contributed by atoms with van der Waals surface area (Å²) < 4.78 is 5.02. The molecule has 5 nitrogen and oxygen atoms in total. The van der Waals surface area contributed by atoms with Crippen molar-refractivity contribution in [3.63, 3.8) is 0 Å². The van der Waals surface area contributed by atoms with Crippen LogP contribution in [-0.2, 0) is 0 Å². The van der Waals surface area contributed by atoms with Crippen LogP contribution in [0.3, 0.4) is 0 Å². The van der Waals surface area contributed by atoms with E-state index in [1.54, 1.807) is 38.3 Å². The van der Waals surface area contributed by atoms with Gasteiger partial charge in [0, 0.05) is 11.4 Å². The lowest BCUT2D eigenvalue weighted by Crippen LogP contribution is -2.11. The molecule has 1 amide bonds. The minimum absolute atomic E-state index is 0.229. The molecule has 0 aliphatic carbocycles. The molecule has 0 fully saturated rings. The third-order valence-corrected chi connectivity index (χ3v) is 3.36. The summed E-state index contributed by atoms with van der Waals surface area (Å²) in [5.74, 6) is 0.427. The number of aromatic nitrogens is 1. The molecule has 1 aromatic carbocycles. The first-order chi connectivity index (χ1) is 8.60. The standard InChI is InChI=1S/C12H12N2O3S/c1-7-10(18-12(16)13-7)11(15)14-8-3-5-9(17-2)6-4-8/h3-6H,1-2H3,(H,13,16)(H,14,15). The van der Waals surface area contributed by atoms with Crippen molar-refractivity contribution in [2.45, 2.75) is 6.92 Å². The smallest absolute Gasteiger partial charge is 0.305 e. The minimum Gasteiger partial charge on any atom is -0.497 e. The summed E-state index contributed by atoms with van der Waals surface area (Å²) in [6.45, 7) is 1.70. The van der Waals surface area contributed by atoms with Gasteiger partial charge >= 0.3 is 4.87 Å². The van der Waals surface area contributed by atoms with Crippen molar-refractivity contribution in [1.29, 1.82) is 0 Å². The lowest BCUT2D eigenvalue weighted by Gasteiger charge is -2.05. The fourth-order valence-corrected chi connectivity index (χ4v) is 2.22. The monoisotopic (exact) mass is 264 g/mol. The quantitative estimate of drug-likeness (QED) is 0.890. The lowest BCUT2D eigenvalue weighted by atomic mass is 10.3. The highest BCUT2D eigenvalue weighted by Gasteiger charge is 2.13. The molecule has 0 unspecified atom stereocenters. The average molecular weight is 264 g/mol. The first-order valence-corrected chi connectivity index (χ1v) is 6.07. The molecule has 94 valence electrons. The van der Waals surface area contributed by atoms with Gasteiger partial charge in [-0.15, -0.1) is 0 Å². The average Bonchev–Trinajstić information content (AvgIpc) is 2.69. The van der Waals surface area contributed by atoms with Crippen LogP contribution in [-0.4, -0.2) is 18.0 Å². The molecule has 1 aromatic heterocycles. The van der Waals surface area contributed by atoms with E-state index in [1.165, 1.54) is 0 Å². The fraction of sp³-hybridized carbons (Fsp3) is 0.167. The number of carbonyl (C=O) groups excluding carboxylic acids is 1. The van der Waals surface area contributed by atoms with Crippen molar-refractivity contribution in [3.8, 4) is 5.75 Å². The Labute approximate surface area is 107 Å². The number of aryl methyl sites for hydroxylation is 1. The first-order valence-electron chi connectivity index (χ1n) is 5.25. The Hall–Kier alpha value is -2.08. The van der Waals surface area contributed by atoms with E-state index in [4.69, 9.17) is 4.74 Å². The zero-order chi connectivity index (χ0) is 13.1. The number of hydrogen-bond acceptors (Lipinski definition) is 4. The van der Waals surface area contributed by atoms with Crippen LogP contribution >= 0.6 is 11.3 Å². The number of carbonyl (C=O) groups is 1. The molecular weight excluding hydrogens is 252 g/mol. The number of anilines is 1. The van der Waals surface area contributed by atoms with Gasteiger partial charge in [-0.2, -0.15) is 0 Å². The second-order valence-electron chi connectivity index (χ2n) is 3.65. The maximum atomic E-state index is 11.9. The Bertz CT molecular complexity index is 613. The number of amides is 1. The van der Waals surface area contributed by atoms with E-state index < -0.39 is 0 Å². The van der Waals surface area contributed by atoms with Crippen LogP contribution in [0.25, 0.3) is 0 Å². The van der Waals surface area contributed by atoms with E-state index in [9.17, 15) is 9.59 Å². The molecule has 2 rings (SSSR count). The highest BCUT2D eigenvalue weighted by molar-refractivity contribution is 7.11. The number of hydrogen-bond donors (Lipinski definition) is 2. The van der Waals surface area contributed by atoms with Crippen LogP contribution < -0.4 is 14.9 Å². The number of rotatable bonds is 3. The SMILES string of the molecule is COc1ccc(NC(=O)c2sc(=O)[nH]c2C)cc1. The van der Waals surface area contributed by atoms with Crippen molar-refractivity contribution in [1.82, 2.24) is 4.98 Å². The molecule has 6 heteroatoms. The number of benzene rings is 1. The maximum absolute atomic E-state index is 11.9. The summed E-state index contributed by atoms with van der Waals surface area (Å²) in [6.07, 6.45) is 0. The zero-order valence-corrected chi connectivity index (χ0v) is 10.8. The van der Waals surface area contributed by atoms with Crippen LogP contribution in [0.15, 0.2) is 29.1 Å². The van der Waals surface area contributed by atoms with Crippen LogP contribution in [0.4, 0.5) is 5.69 Å². The lowest BCUT2D eigenvalue weighted by molar-refractivity contribution is 0.103. The summed E-state index contributed by atoms with van der Waals surface area (Å²) >= 11 is 0.902. The predicted molar refractivity (Wildman–Crippen MR) is 70.6 cm³/mol. The van der Waals surface area contributed by atoms with Crippen molar-refractivity contribution >= 4 is 22.9 Å². The Kier molecular flexibility index (Phi) is 3.47. The van der Waals surface area contributed by atoms with Gasteiger partial charge in [-0.1, -0.05) is 11.3 Å². The first kappa shape index (κ1) is 12.4. The predicted octanol–water partition coefficient (Wildman–Crippen LogP) is 2.01. The van der Waals surface area contributed by atoms with Crippen molar-refractivity contribution in [2.24, 2.45) is 0 Å². The van der Waals surface area contributed by atoms with Crippen molar-refractivity contribution in [2.75, 3.05) is 12.4 Å². The molecule has 2 N–H and O–H groups in total. The third kappa shape index (κ3) is 2.60. The molecule has 0 bridgehead atoms. The second-order valence-corrected chi connectivity index (χ2v) is 4.63. The molecule has 0 aliphatic rings. The second kappa shape index (κ2) is 5.05. The van der Waals surface area contributed by atoms with Gasteiger partial charge in [0.25, 0.3) is 5.91 Å². The van der Waals surface area contributed by atoms with Gasteiger partial charge in [-0.3, -0.25) is 9.59 Å². The van der Waals surface area contributed by atoms with Crippen LogP contribution in [0.5, 0.6) is 5.75 Å². The Morgan fingerprint density at radius 1 is 1.33 bits per heavy atom. The number of aromatic amines is 1. The highest BCUT2D eigenvalue weighted by Crippen LogP contribution is 2.17. The van der Waals surface area contributed by atoms with E-state index in [0.717, 1.165) is 17.1 Å². The molecule has 18 heavy (non-hydrogen) atoms. The summed E-state index contributed by atoms with van der Waals surface area (Å²) in [6, 6.07) is 6.98. The topological polar surface area (TPSA) is 71.2 Å². The van der Waals surface area contributed by atoms with Gasteiger partial charge < -0.3 is 15.0 Å². The molecule has 0 spiro atoms. The summed E-state index contributed by atoms with van der Waals surface area (Å²) in [5.41, 5.74) is 1.23. The number of thiazole rings is 1. The third-order valence-electron chi connectivity index (χ3n) is 2.38. The number of nitrogens with one attached hydrogen (secondary N) is 2. The Morgan fingerprint density at radius 2 is 2.00 bits per heavy atom. The molecule has 0 radical (unpaired) electrons. The van der Waals surface area contributed by atoms with E-state index in [0.29, 0.717) is 16.3 Å². The van der Waals surface area contributed by atoms with Gasteiger partial charge in [0.2, 0.25) is 0 Å². The largest absolute Gasteiger partial charge is 0.497 e. The fourth-order valence-electron chi connectivity index (χ4n) is 1.48. The van der Waals surface area contributed by atoms with E-state index in [2.05, 4.69) is 10.3 Å². The van der Waals surface area contributed by atoms with Gasteiger partial charge in [0.15, 0.2) is 0 Å². The summed E-state index contributed by atoms with van der Waals surface area (Å²) in [4.78, 5) is 25.8. The molecule has 0 saturated heterocycles. The van der Waals surface area contributed by atoms with Crippen LogP contribution in [0.2, 0.25) is 0 Å². The molecule has 1 heterocycles.